The molecule has 0 atom stereocenters. The molecule has 4 nitrogen and oxygen atoms in total. The van der Waals surface area contributed by atoms with Gasteiger partial charge in [0, 0.05) is 12.1 Å². The smallest absolute Gasteiger partial charge is 0.216 e. The Morgan fingerprint density at radius 3 is 2.39 bits per heavy atom. The number of rotatable bonds is 5. The van der Waals surface area contributed by atoms with Crippen LogP contribution in [0.2, 0.25) is 10.0 Å². The van der Waals surface area contributed by atoms with Gasteiger partial charge >= 0.3 is 0 Å². The molecular weight excluding hydrogens is 295 g/mol. The average molecular weight is 311 g/mol. The van der Waals surface area contributed by atoms with Gasteiger partial charge in [-0.25, -0.2) is 13.1 Å². The third-order valence-electron chi connectivity index (χ3n) is 2.28. The van der Waals surface area contributed by atoms with Crippen LogP contribution in [0.5, 0.6) is 0 Å². The van der Waals surface area contributed by atoms with Crippen LogP contribution in [0.1, 0.15) is 19.4 Å². The highest BCUT2D eigenvalue weighted by Gasteiger charge is 2.23. The first-order valence-electron chi connectivity index (χ1n) is 5.31. The van der Waals surface area contributed by atoms with Gasteiger partial charge in [-0.1, -0.05) is 29.3 Å². The molecule has 18 heavy (non-hydrogen) atoms. The second kappa shape index (κ2) is 5.75. The lowest BCUT2D eigenvalue weighted by Crippen LogP contribution is -2.49. The maximum absolute atomic E-state index is 11.9. The fourth-order valence-electron chi connectivity index (χ4n) is 1.35. The van der Waals surface area contributed by atoms with Gasteiger partial charge in [0.1, 0.15) is 0 Å². The van der Waals surface area contributed by atoms with Crippen molar-refractivity contribution >= 4 is 33.2 Å². The van der Waals surface area contributed by atoms with Crippen LogP contribution < -0.4 is 10.5 Å². The summed E-state index contributed by atoms with van der Waals surface area (Å²) in [6.45, 7) is 3.66. The molecule has 0 aliphatic heterocycles. The summed E-state index contributed by atoms with van der Waals surface area (Å²) >= 11 is 11.6. The summed E-state index contributed by atoms with van der Waals surface area (Å²) in [5, 5.41) is 0.732. The SMILES string of the molecule is CC(C)(CN)NS(=O)(=O)Cc1ccc(Cl)c(Cl)c1. The number of benzene rings is 1. The van der Waals surface area contributed by atoms with Crippen molar-refractivity contribution in [3.63, 3.8) is 0 Å². The molecule has 0 aromatic heterocycles. The van der Waals surface area contributed by atoms with Crippen LogP contribution in [0.25, 0.3) is 0 Å². The Bertz CT molecular complexity index is 530. The Labute approximate surface area is 118 Å². The molecule has 3 N–H and O–H groups in total. The minimum Gasteiger partial charge on any atom is -0.329 e. The molecule has 0 heterocycles. The molecule has 0 spiro atoms. The van der Waals surface area contributed by atoms with E-state index in [1.807, 2.05) is 0 Å². The predicted molar refractivity (Wildman–Crippen MR) is 75.4 cm³/mol. The van der Waals surface area contributed by atoms with Gasteiger partial charge in [0.25, 0.3) is 0 Å². The Hall–Kier alpha value is -0.330. The minimum absolute atomic E-state index is 0.159. The van der Waals surface area contributed by atoms with E-state index < -0.39 is 15.6 Å². The minimum atomic E-state index is -3.47. The lowest BCUT2D eigenvalue weighted by atomic mass is 10.1. The van der Waals surface area contributed by atoms with Crippen molar-refractivity contribution in [2.45, 2.75) is 25.1 Å². The molecule has 1 aromatic carbocycles. The summed E-state index contributed by atoms with van der Waals surface area (Å²) in [4.78, 5) is 0. The van der Waals surface area contributed by atoms with E-state index in [0.717, 1.165) is 0 Å². The lowest BCUT2D eigenvalue weighted by molar-refractivity contribution is 0.462. The van der Waals surface area contributed by atoms with Gasteiger partial charge < -0.3 is 5.73 Å². The molecule has 0 fully saturated rings. The number of nitrogens with two attached hydrogens (primary N) is 1. The van der Waals surface area contributed by atoms with Gasteiger partial charge in [-0.05, 0) is 31.5 Å². The van der Waals surface area contributed by atoms with E-state index in [9.17, 15) is 8.42 Å². The molecule has 1 rings (SSSR count). The largest absolute Gasteiger partial charge is 0.329 e. The summed E-state index contributed by atoms with van der Waals surface area (Å²) in [5.74, 6) is -0.159. The number of halogens is 2. The lowest BCUT2D eigenvalue weighted by Gasteiger charge is -2.23. The zero-order valence-corrected chi connectivity index (χ0v) is 12.5. The first-order chi connectivity index (χ1) is 8.15. The second-order valence-electron chi connectivity index (χ2n) is 4.70. The summed E-state index contributed by atoms with van der Waals surface area (Å²) < 4.78 is 26.4. The highest BCUT2D eigenvalue weighted by Crippen LogP contribution is 2.23. The van der Waals surface area contributed by atoms with Crippen molar-refractivity contribution in [1.29, 1.82) is 0 Å². The molecule has 0 radical (unpaired) electrons. The van der Waals surface area contributed by atoms with Crippen molar-refractivity contribution < 1.29 is 8.42 Å². The van der Waals surface area contributed by atoms with Crippen LogP contribution in [0.3, 0.4) is 0 Å². The molecule has 0 saturated heterocycles. The first kappa shape index (κ1) is 15.7. The molecule has 0 unspecified atom stereocenters. The average Bonchev–Trinajstić information content (AvgIpc) is 2.21. The van der Waals surface area contributed by atoms with Crippen LogP contribution in [0, 0.1) is 0 Å². The monoisotopic (exact) mass is 310 g/mol. The van der Waals surface area contributed by atoms with Gasteiger partial charge in [-0.2, -0.15) is 0 Å². The van der Waals surface area contributed by atoms with E-state index >= 15 is 0 Å². The van der Waals surface area contributed by atoms with Crippen LogP contribution in [-0.4, -0.2) is 20.5 Å². The Kier molecular flexibility index (Phi) is 5.03. The molecule has 0 bridgehead atoms. The number of nitrogens with one attached hydrogen (secondary N) is 1. The zero-order valence-electron chi connectivity index (χ0n) is 10.2. The molecule has 1 aromatic rings. The summed E-state index contributed by atoms with van der Waals surface area (Å²) in [5.41, 5.74) is 5.39. The topological polar surface area (TPSA) is 72.2 Å². The maximum Gasteiger partial charge on any atom is 0.216 e. The Balaban J connectivity index is 2.86. The van der Waals surface area contributed by atoms with Crippen molar-refractivity contribution in [2.75, 3.05) is 6.54 Å². The van der Waals surface area contributed by atoms with Crippen molar-refractivity contribution in [1.82, 2.24) is 4.72 Å². The van der Waals surface area contributed by atoms with Gasteiger partial charge in [0.05, 0.1) is 15.8 Å². The molecular formula is C11H16Cl2N2O2S. The van der Waals surface area contributed by atoms with Crippen LogP contribution in [0.15, 0.2) is 18.2 Å². The highest BCUT2D eigenvalue weighted by atomic mass is 35.5. The molecule has 0 saturated carbocycles. The maximum atomic E-state index is 11.9. The number of sulfonamides is 1. The fourth-order valence-corrected chi connectivity index (χ4v) is 3.28. The molecule has 102 valence electrons. The number of hydrogen-bond acceptors (Lipinski definition) is 3. The third kappa shape index (κ3) is 4.74. The van der Waals surface area contributed by atoms with Crippen molar-refractivity contribution in [2.24, 2.45) is 5.73 Å². The van der Waals surface area contributed by atoms with Crippen molar-refractivity contribution in [3.05, 3.63) is 33.8 Å². The van der Waals surface area contributed by atoms with E-state index in [4.69, 9.17) is 28.9 Å². The summed E-state index contributed by atoms with van der Waals surface area (Å²) in [6.07, 6.45) is 0. The van der Waals surface area contributed by atoms with E-state index in [1.165, 1.54) is 0 Å². The summed E-state index contributed by atoms with van der Waals surface area (Å²) in [7, 11) is -3.47. The van der Waals surface area contributed by atoms with Gasteiger partial charge in [0.2, 0.25) is 10.0 Å². The van der Waals surface area contributed by atoms with E-state index in [1.54, 1.807) is 32.0 Å². The van der Waals surface area contributed by atoms with Gasteiger partial charge in [-0.15, -0.1) is 0 Å². The van der Waals surface area contributed by atoms with E-state index in [0.29, 0.717) is 15.6 Å². The van der Waals surface area contributed by atoms with E-state index in [-0.39, 0.29) is 12.3 Å². The van der Waals surface area contributed by atoms with Crippen LogP contribution in [-0.2, 0) is 15.8 Å². The normalized spacial score (nSPS) is 12.7. The molecule has 0 aliphatic rings. The Morgan fingerprint density at radius 1 is 1.28 bits per heavy atom. The summed E-state index contributed by atoms with van der Waals surface area (Å²) in [6, 6.07) is 4.74. The first-order valence-corrected chi connectivity index (χ1v) is 7.72. The fraction of sp³-hybridized carbons (Fsp3) is 0.455. The molecule has 7 heteroatoms. The van der Waals surface area contributed by atoms with Crippen LogP contribution in [0.4, 0.5) is 0 Å². The van der Waals surface area contributed by atoms with Crippen molar-refractivity contribution in [3.8, 4) is 0 Å². The van der Waals surface area contributed by atoms with Crippen LogP contribution >= 0.6 is 23.2 Å². The van der Waals surface area contributed by atoms with E-state index in [2.05, 4.69) is 4.72 Å². The predicted octanol–water partition coefficient (Wildman–Crippen LogP) is 2.15. The Morgan fingerprint density at radius 2 is 1.89 bits per heavy atom. The molecule has 0 aliphatic carbocycles. The highest BCUT2D eigenvalue weighted by molar-refractivity contribution is 7.88. The molecule has 0 amide bonds. The second-order valence-corrected chi connectivity index (χ2v) is 7.23. The van der Waals surface area contributed by atoms with Gasteiger partial charge in [-0.3, -0.25) is 0 Å². The third-order valence-corrected chi connectivity index (χ3v) is 4.60. The standard InChI is InChI=1S/C11H16Cl2N2O2S/c1-11(2,7-14)15-18(16,17)6-8-3-4-9(12)10(13)5-8/h3-5,15H,6-7,14H2,1-2H3. The quantitative estimate of drug-likeness (QED) is 0.875. The zero-order chi connectivity index (χ0) is 14.0. The number of hydrogen-bond donors (Lipinski definition) is 2. The van der Waals surface area contributed by atoms with Gasteiger partial charge in [0.15, 0.2) is 0 Å².